The summed E-state index contributed by atoms with van der Waals surface area (Å²) in [5, 5.41) is 15.3. The minimum atomic E-state index is -0.686. The smallest absolute Gasteiger partial charge is 0.367 e. The molecule has 0 atom stereocenters. The van der Waals surface area contributed by atoms with Crippen molar-refractivity contribution in [2.45, 2.75) is 0 Å². The first-order valence-corrected chi connectivity index (χ1v) is 2.64. The summed E-state index contributed by atoms with van der Waals surface area (Å²) in [4.78, 5) is 9.34. The van der Waals surface area contributed by atoms with Gasteiger partial charge in [0.25, 0.3) is 0 Å². The molecule has 0 spiro atoms. The Balaban J connectivity index is 3.17. The molecule has 0 aliphatic rings. The van der Waals surface area contributed by atoms with E-state index >= 15 is 0 Å². The normalized spacial score (nSPS) is 9.70. The van der Waals surface area contributed by atoms with Gasteiger partial charge in [0.2, 0.25) is 5.15 Å². The van der Waals surface area contributed by atoms with Crippen LogP contribution in [-0.2, 0) is 0 Å². The molecule has 0 aliphatic carbocycles. The Labute approximate surface area is 60.1 Å². The molecule has 6 nitrogen and oxygen atoms in total. The molecule has 0 aliphatic heterocycles. The molecule has 0 aromatic carbocycles. The van der Waals surface area contributed by atoms with Crippen molar-refractivity contribution in [2.75, 3.05) is 5.73 Å². The summed E-state index contributed by atoms with van der Waals surface area (Å²) in [6.45, 7) is 0. The number of hydrogen-bond acceptors (Lipinski definition) is 4. The maximum Gasteiger partial charge on any atom is 0.367 e. The number of nitrogens with one attached hydrogen (secondary N) is 1. The quantitative estimate of drug-likeness (QED) is 0.466. The lowest BCUT2D eigenvalue weighted by molar-refractivity contribution is -0.388. The lowest BCUT2D eigenvalue weighted by Crippen LogP contribution is -1.92. The predicted molar refractivity (Wildman–Crippen MR) is 34.7 cm³/mol. The van der Waals surface area contributed by atoms with Crippen LogP contribution in [0.4, 0.5) is 11.5 Å². The fourth-order valence-corrected chi connectivity index (χ4v) is 0.591. The monoisotopic (exact) mass is 162 g/mol. The van der Waals surface area contributed by atoms with Crippen molar-refractivity contribution < 1.29 is 4.92 Å². The Morgan fingerprint density at radius 3 is 2.60 bits per heavy atom. The second-order valence-corrected chi connectivity index (χ2v) is 1.89. The van der Waals surface area contributed by atoms with Crippen LogP contribution < -0.4 is 5.73 Å². The molecule has 0 fully saturated rings. The first kappa shape index (κ1) is 6.81. The third kappa shape index (κ3) is 0.883. The number of nitrogen functional groups attached to an aromatic ring is 1. The summed E-state index contributed by atoms with van der Waals surface area (Å²) < 4.78 is 0. The number of nitrogens with two attached hydrogens (primary N) is 1. The van der Waals surface area contributed by atoms with E-state index < -0.39 is 4.92 Å². The van der Waals surface area contributed by atoms with Gasteiger partial charge in [0.1, 0.15) is 0 Å². The molecular formula is C3H3ClN4O2. The number of nitrogens with zero attached hydrogens (tertiary/aromatic N) is 2. The van der Waals surface area contributed by atoms with E-state index in [9.17, 15) is 10.1 Å². The highest BCUT2D eigenvalue weighted by molar-refractivity contribution is 6.32. The van der Waals surface area contributed by atoms with Gasteiger partial charge in [-0.15, -0.1) is 5.10 Å². The second kappa shape index (κ2) is 2.14. The zero-order chi connectivity index (χ0) is 7.72. The highest BCUT2D eigenvalue weighted by atomic mass is 35.5. The maximum atomic E-state index is 10.0. The van der Waals surface area contributed by atoms with Crippen LogP contribution in [0.25, 0.3) is 0 Å². The third-order valence-electron chi connectivity index (χ3n) is 0.920. The minimum Gasteiger partial charge on any atom is -0.389 e. The Bertz CT molecular complexity index is 269. The molecule has 10 heavy (non-hydrogen) atoms. The summed E-state index contributed by atoms with van der Waals surface area (Å²) in [6, 6.07) is 0. The molecule has 54 valence electrons. The van der Waals surface area contributed by atoms with Crippen molar-refractivity contribution in [3.8, 4) is 0 Å². The van der Waals surface area contributed by atoms with Crippen molar-refractivity contribution in [1.29, 1.82) is 0 Å². The van der Waals surface area contributed by atoms with Crippen molar-refractivity contribution >= 4 is 23.1 Å². The minimum absolute atomic E-state index is 0.0771. The van der Waals surface area contributed by atoms with E-state index in [1.54, 1.807) is 0 Å². The van der Waals surface area contributed by atoms with Gasteiger partial charge in [-0.25, -0.2) is 0 Å². The van der Waals surface area contributed by atoms with E-state index in [2.05, 4.69) is 10.2 Å². The van der Waals surface area contributed by atoms with E-state index in [0.717, 1.165) is 0 Å². The van der Waals surface area contributed by atoms with Crippen molar-refractivity contribution in [2.24, 2.45) is 0 Å². The maximum absolute atomic E-state index is 10.0. The Kier molecular flexibility index (Phi) is 1.46. The van der Waals surface area contributed by atoms with E-state index in [1.165, 1.54) is 0 Å². The largest absolute Gasteiger partial charge is 0.389 e. The molecule has 0 unspecified atom stereocenters. The highest BCUT2D eigenvalue weighted by Gasteiger charge is 2.16. The van der Waals surface area contributed by atoms with Crippen LogP contribution in [0.3, 0.4) is 0 Å². The zero-order valence-electron chi connectivity index (χ0n) is 4.67. The van der Waals surface area contributed by atoms with Gasteiger partial charge in [0.15, 0.2) is 5.69 Å². The lowest BCUT2D eigenvalue weighted by atomic mass is 10.5. The first-order chi connectivity index (χ1) is 4.63. The van der Waals surface area contributed by atoms with Crippen molar-refractivity contribution in [1.82, 2.24) is 10.2 Å². The average Bonchev–Trinajstić information content (AvgIpc) is 2.14. The van der Waals surface area contributed by atoms with E-state index in [4.69, 9.17) is 17.3 Å². The average molecular weight is 163 g/mol. The molecule has 1 aromatic heterocycles. The molecule has 1 aromatic rings. The lowest BCUT2D eigenvalue weighted by Gasteiger charge is -1.88. The molecule has 0 saturated carbocycles. The number of anilines is 1. The predicted octanol–water partition coefficient (Wildman–Crippen LogP) is 0.553. The number of rotatable bonds is 1. The molecule has 1 rings (SSSR count). The van der Waals surface area contributed by atoms with E-state index in [-0.39, 0.29) is 16.7 Å². The highest BCUT2D eigenvalue weighted by Crippen LogP contribution is 2.24. The standard InChI is InChI=1S/C3H3ClN4O2/c4-2-1(5)3(7-6-2)8(9)10/h5H2,(H,6,7). The van der Waals surface area contributed by atoms with Gasteiger partial charge >= 0.3 is 5.82 Å². The van der Waals surface area contributed by atoms with Crippen LogP contribution in [0, 0.1) is 10.1 Å². The second-order valence-electron chi connectivity index (χ2n) is 1.53. The molecule has 0 amide bonds. The van der Waals surface area contributed by atoms with Crippen LogP contribution in [0.1, 0.15) is 0 Å². The van der Waals surface area contributed by atoms with Gasteiger partial charge < -0.3 is 15.8 Å². The summed E-state index contributed by atoms with van der Waals surface area (Å²) in [6.07, 6.45) is 0. The SMILES string of the molecule is Nc1c(Cl)n[nH]c1[N+](=O)[O-]. The third-order valence-corrected chi connectivity index (χ3v) is 1.21. The van der Waals surface area contributed by atoms with Gasteiger partial charge in [0.05, 0.1) is 0 Å². The Hall–Kier alpha value is -1.30. The number of halogens is 1. The van der Waals surface area contributed by atoms with Crippen LogP contribution >= 0.6 is 11.6 Å². The van der Waals surface area contributed by atoms with Crippen LogP contribution in [0.15, 0.2) is 0 Å². The number of hydrogen-bond donors (Lipinski definition) is 2. The number of nitro groups is 1. The number of aromatic nitrogens is 2. The van der Waals surface area contributed by atoms with E-state index in [1.807, 2.05) is 0 Å². The Morgan fingerprint density at radius 2 is 2.40 bits per heavy atom. The summed E-state index contributed by atoms with van der Waals surface area (Å²) >= 11 is 5.30. The fraction of sp³-hybridized carbons (Fsp3) is 0. The zero-order valence-corrected chi connectivity index (χ0v) is 5.42. The number of aromatic amines is 1. The Morgan fingerprint density at radius 1 is 1.80 bits per heavy atom. The topological polar surface area (TPSA) is 97.8 Å². The van der Waals surface area contributed by atoms with Crippen LogP contribution in [0.2, 0.25) is 5.15 Å². The first-order valence-electron chi connectivity index (χ1n) is 2.26. The van der Waals surface area contributed by atoms with Gasteiger partial charge in [-0.1, -0.05) is 16.7 Å². The van der Waals surface area contributed by atoms with Crippen LogP contribution in [-0.4, -0.2) is 15.1 Å². The van der Waals surface area contributed by atoms with Gasteiger partial charge in [-0.05, 0) is 4.92 Å². The van der Waals surface area contributed by atoms with Crippen LogP contribution in [0.5, 0.6) is 0 Å². The number of H-pyrrole nitrogens is 1. The molecule has 7 heteroatoms. The van der Waals surface area contributed by atoms with Crippen molar-refractivity contribution in [3.05, 3.63) is 15.3 Å². The molecule has 3 N–H and O–H groups in total. The molecule has 1 heterocycles. The van der Waals surface area contributed by atoms with Gasteiger partial charge in [0, 0.05) is 0 Å². The molecular weight excluding hydrogens is 160 g/mol. The summed E-state index contributed by atoms with van der Waals surface area (Å²) in [5.41, 5.74) is 5.00. The summed E-state index contributed by atoms with van der Waals surface area (Å²) in [5.74, 6) is -0.370. The van der Waals surface area contributed by atoms with Gasteiger partial charge in [-0.2, -0.15) is 0 Å². The van der Waals surface area contributed by atoms with E-state index in [0.29, 0.717) is 0 Å². The fourth-order valence-electron chi connectivity index (χ4n) is 0.459. The molecule has 0 saturated heterocycles. The van der Waals surface area contributed by atoms with Gasteiger partial charge in [-0.3, -0.25) is 0 Å². The van der Waals surface area contributed by atoms with Crippen molar-refractivity contribution in [3.63, 3.8) is 0 Å². The molecule has 0 radical (unpaired) electrons. The molecule has 0 bridgehead atoms. The summed E-state index contributed by atoms with van der Waals surface area (Å²) in [7, 11) is 0.